The molecule has 0 fully saturated rings. The zero-order valence-corrected chi connectivity index (χ0v) is 12.3. The van der Waals surface area contributed by atoms with E-state index in [0.717, 1.165) is 5.39 Å². The number of phenolic OH excluding ortho intramolecular Hbond substituents is 1. The topological polar surface area (TPSA) is 46.5 Å². The van der Waals surface area contributed by atoms with Crippen LogP contribution < -0.4 is 4.74 Å². The maximum absolute atomic E-state index is 12.3. The van der Waals surface area contributed by atoms with Crippen molar-refractivity contribution in [1.82, 2.24) is 0 Å². The van der Waals surface area contributed by atoms with Crippen molar-refractivity contribution >= 4 is 16.7 Å². The molecule has 0 aliphatic heterocycles. The Labute approximate surface area is 119 Å². The average molecular weight is 272 g/mol. The molecule has 0 bridgehead atoms. The van der Waals surface area contributed by atoms with Crippen LogP contribution in [0.15, 0.2) is 36.4 Å². The minimum Gasteiger partial charge on any atom is -0.507 e. The van der Waals surface area contributed by atoms with E-state index in [2.05, 4.69) is 0 Å². The summed E-state index contributed by atoms with van der Waals surface area (Å²) in [6.07, 6.45) is 0. The summed E-state index contributed by atoms with van der Waals surface area (Å²) < 4.78 is 5.56. The molecular weight excluding hydrogens is 252 g/mol. The Morgan fingerprint density at radius 3 is 2.35 bits per heavy atom. The molecule has 0 saturated carbocycles. The lowest BCUT2D eigenvalue weighted by atomic mass is 9.81. The van der Waals surface area contributed by atoms with Crippen LogP contribution >= 0.6 is 0 Å². The first-order valence-electron chi connectivity index (χ1n) is 6.77. The van der Waals surface area contributed by atoms with Crippen LogP contribution in [0, 0.1) is 11.3 Å². The summed E-state index contributed by atoms with van der Waals surface area (Å²) in [5.74, 6) is 0.586. The highest BCUT2D eigenvalue weighted by atomic mass is 16.5. The maximum atomic E-state index is 12.3. The summed E-state index contributed by atoms with van der Waals surface area (Å²) in [6, 6.07) is 10.5. The molecule has 0 unspecified atom stereocenters. The molecule has 0 saturated heterocycles. The van der Waals surface area contributed by atoms with Crippen molar-refractivity contribution in [2.45, 2.75) is 27.7 Å². The van der Waals surface area contributed by atoms with Gasteiger partial charge in [-0.2, -0.15) is 0 Å². The molecule has 0 aliphatic carbocycles. The lowest BCUT2D eigenvalue weighted by Gasteiger charge is -2.26. The first-order chi connectivity index (χ1) is 9.34. The molecule has 3 heteroatoms. The summed E-state index contributed by atoms with van der Waals surface area (Å²) in [6.45, 7) is 7.75. The van der Waals surface area contributed by atoms with Crippen LogP contribution in [0.4, 0.5) is 0 Å². The molecule has 0 spiro atoms. The van der Waals surface area contributed by atoms with E-state index in [4.69, 9.17) is 4.74 Å². The Balaban J connectivity index is 2.41. The normalized spacial score (nSPS) is 11.8. The molecule has 2 aromatic rings. The smallest absolute Gasteiger partial charge is 0.317 e. The average Bonchev–Trinajstić information content (AvgIpc) is 2.39. The van der Waals surface area contributed by atoms with Crippen LogP contribution in [0.5, 0.6) is 11.5 Å². The lowest BCUT2D eigenvalue weighted by Crippen LogP contribution is -2.33. The molecule has 106 valence electrons. The third kappa shape index (κ3) is 2.48. The number of ether oxygens (including phenoxy) is 1. The second kappa shape index (κ2) is 5.16. The Kier molecular flexibility index (Phi) is 3.71. The van der Waals surface area contributed by atoms with Gasteiger partial charge >= 0.3 is 5.97 Å². The first kappa shape index (κ1) is 14.4. The van der Waals surface area contributed by atoms with Gasteiger partial charge in [-0.05, 0) is 31.9 Å². The fraction of sp³-hybridized carbons (Fsp3) is 0.353. The van der Waals surface area contributed by atoms with Gasteiger partial charge in [0.15, 0.2) is 0 Å². The molecule has 0 aliphatic rings. The van der Waals surface area contributed by atoms with Crippen molar-refractivity contribution in [3.63, 3.8) is 0 Å². The van der Waals surface area contributed by atoms with Gasteiger partial charge in [-0.3, -0.25) is 4.79 Å². The second-order valence-electron chi connectivity index (χ2n) is 5.89. The van der Waals surface area contributed by atoms with Crippen molar-refractivity contribution in [2.75, 3.05) is 0 Å². The van der Waals surface area contributed by atoms with E-state index >= 15 is 0 Å². The number of esters is 1. The number of hydrogen-bond donors (Lipinski definition) is 1. The predicted molar refractivity (Wildman–Crippen MR) is 79.9 cm³/mol. The summed E-state index contributed by atoms with van der Waals surface area (Å²) in [7, 11) is 0. The highest BCUT2D eigenvalue weighted by Gasteiger charge is 2.33. The van der Waals surface area contributed by atoms with Gasteiger partial charge in [-0.25, -0.2) is 0 Å². The van der Waals surface area contributed by atoms with Crippen LogP contribution in [0.2, 0.25) is 0 Å². The molecule has 0 heterocycles. The van der Waals surface area contributed by atoms with E-state index < -0.39 is 5.41 Å². The van der Waals surface area contributed by atoms with Crippen LogP contribution in [-0.4, -0.2) is 11.1 Å². The molecule has 0 aromatic heterocycles. The third-order valence-electron chi connectivity index (χ3n) is 4.03. The van der Waals surface area contributed by atoms with Crippen molar-refractivity contribution in [3.05, 3.63) is 36.4 Å². The van der Waals surface area contributed by atoms with E-state index in [1.54, 1.807) is 30.3 Å². The van der Waals surface area contributed by atoms with Gasteiger partial charge in [-0.15, -0.1) is 0 Å². The number of benzene rings is 2. The summed E-state index contributed by atoms with van der Waals surface area (Å²) in [5.41, 5.74) is -0.557. The standard InChI is InChI=1S/C17H20O3/c1-11(2)17(3,4)16(19)20-15-10-6-7-12-13(15)8-5-9-14(12)18/h5-11,18H,1-4H3. The minimum atomic E-state index is -0.557. The molecule has 0 radical (unpaired) electrons. The van der Waals surface area contributed by atoms with E-state index in [1.807, 2.05) is 33.8 Å². The van der Waals surface area contributed by atoms with Crippen LogP contribution in [0.1, 0.15) is 27.7 Å². The number of phenols is 1. The van der Waals surface area contributed by atoms with Gasteiger partial charge in [-0.1, -0.05) is 38.1 Å². The van der Waals surface area contributed by atoms with Crippen molar-refractivity contribution in [3.8, 4) is 11.5 Å². The van der Waals surface area contributed by atoms with Crippen molar-refractivity contribution in [1.29, 1.82) is 0 Å². The Morgan fingerprint density at radius 2 is 1.70 bits per heavy atom. The Bertz CT molecular complexity index is 642. The van der Waals surface area contributed by atoms with Gasteiger partial charge in [0.1, 0.15) is 11.5 Å². The number of carbonyl (C=O) groups excluding carboxylic acids is 1. The maximum Gasteiger partial charge on any atom is 0.317 e. The van der Waals surface area contributed by atoms with Gasteiger partial charge < -0.3 is 9.84 Å². The SMILES string of the molecule is CC(C)C(C)(C)C(=O)Oc1cccc2c(O)cccc12. The van der Waals surface area contributed by atoms with Crippen LogP contribution in [0.25, 0.3) is 10.8 Å². The number of rotatable bonds is 3. The highest BCUT2D eigenvalue weighted by Crippen LogP contribution is 2.34. The Morgan fingerprint density at radius 1 is 1.10 bits per heavy atom. The lowest BCUT2D eigenvalue weighted by molar-refractivity contribution is -0.146. The van der Waals surface area contributed by atoms with E-state index in [1.165, 1.54) is 0 Å². The van der Waals surface area contributed by atoms with Crippen molar-refractivity contribution in [2.24, 2.45) is 11.3 Å². The molecule has 3 nitrogen and oxygen atoms in total. The van der Waals surface area contributed by atoms with Crippen LogP contribution in [-0.2, 0) is 4.79 Å². The van der Waals surface area contributed by atoms with Gasteiger partial charge in [0.25, 0.3) is 0 Å². The first-order valence-corrected chi connectivity index (χ1v) is 6.77. The Hall–Kier alpha value is -2.03. The number of hydrogen-bond acceptors (Lipinski definition) is 3. The zero-order valence-electron chi connectivity index (χ0n) is 12.3. The van der Waals surface area contributed by atoms with E-state index in [9.17, 15) is 9.90 Å². The van der Waals surface area contributed by atoms with E-state index in [-0.39, 0.29) is 17.6 Å². The third-order valence-corrected chi connectivity index (χ3v) is 4.03. The van der Waals surface area contributed by atoms with E-state index in [0.29, 0.717) is 11.1 Å². The van der Waals surface area contributed by atoms with Gasteiger partial charge in [0, 0.05) is 10.8 Å². The summed E-state index contributed by atoms with van der Waals surface area (Å²) in [5, 5.41) is 11.3. The fourth-order valence-electron chi connectivity index (χ4n) is 1.82. The fourth-order valence-corrected chi connectivity index (χ4v) is 1.82. The van der Waals surface area contributed by atoms with Crippen LogP contribution in [0.3, 0.4) is 0 Å². The molecule has 1 N–H and O–H groups in total. The zero-order chi connectivity index (χ0) is 14.9. The molecule has 2 aromatic carbocycles. The summed E-state index contributed by atoms with van der Waals surface area (Å²) in [4.78, 5) is 12.3. The van der Waals surface area contributed by atoms with Crippen molar-refractivity contribution < 1.29 is 14.6 Å². The highest BCUT2D eigenvalue weighted by molar-refractivity contribution is 5.94. The molecule has 20 heavy (non-hydrogen) atoms. The number of aromatic hydroxyl groups is 1. The molecule has 0 atom stereocenters. The minimum absolute atomic E-state index is 0.179. The largest absolute Gasteiger partial charge is 0.507 e. The number of fused-ring (bicyclic) bond motifs is 1. The number of carbonyl (C=O) groups is 1. The monoisotopic (exact) mass is 272 g/mol. The predicted octanol–water partition coefficient (Wildman–Crippen LogP) is 4.13. The molecule has 0 amide bonds. The molecular formula is C17H20O3. The quantitative estimate of drug-likeness (QED) is 0.675. The molecule has 2 rings (SSSR count). The van der Waals surface area contributed by atoms with Gasteiger partial charge in [0.2, 0.25) is 0 Å². The second-order valence-corrected chi connectivity index (χ2v) is 5.89. The van der Waals surface area contributed by atoms with Gasteiger partial charge in [0.05, 0.1) is 5.41 Å². The summed E-state index contributed by atoms with van der Waals surface area (Å²) >= 11 is 0.